The number of halogens is 2. The molecule has 0 spiro atoms. The third-order valence-corrected chi connectivity index (χ3v) is 7.28. The fraction of sp³-hybridized carbons (Fsp3) is 0.519. The Morgan fingerprint density at radius 2 is 1.95 bits per heavy atom. The number of amides is 2. The Morgan fingerprint density at radius 3 is 2.59 bits per heavy atom. The molecule has 1 aromatic carbocycles. The molecule has 3 atom stereocenters. The molecule has 1 aromatic heterocycles. The SMILES string of the molecule is Cc1ccccc1C1C(NC(=O)C2=NCC(C)N=C2)CCN1C(=O)Cn1nc(C2CC2)cc1C(C)(F)F. The van der Waals surface area contributed by atoms with Gasteiger partial charge >= 0.3 is 0 Å². The number of aryl methyl sites for hydroxylation is 1. The van der Waals surface area contributed by atoms with Crippen LogP contribution in [0.2, 0.25) is 0 Å². The van der Waals surface area contributed by atoms with Crippen LogP contribution in [0.15, 0.2) is 40.3 Å². The molecule has 5 rings (SSSR count). The molecule has 37 heavy (non-hydrogen) atoms. The summed E-state index contributed by atoms with van der Waals surface area (Å²) in [6.07, 6.45) is 3.88. The van der Waals surface area contributed by atoms with Gasteiger partial charge in [0, 0.05) is 19.4 Å². The average Bonchev–Trinajstić information content (AvgIpc) is 3.48. The van der Waals surface area contributed by atoms with Gasteiger partial charge in [-0.3, -0.25) is 24.3 Å². The fourth-order valence-corrected chi connectivity index (χ4v) is 5.12. The Balaban J connectivity index is 1.40. The van der Waals surface area contributed by atoms with Crippen molar-refractivity contribution in [1.82, 2.24) is 20.0 Å². The third-order valence-electron chi connectivity index (χ3n) is 7.28. The lowest BCUT2D eigenvalue weighted by atomic mass is 9.95. The normalized spacial score (nSPS) is 23.8. The molecule has 3 unspecified atom stereocenters. The summed E-state index contributed by atoms with van der Waals surface area (Å²) in [7, 11) is 0. The molecule has 3 aliphatic rings. The number of hydrogen-bond acceptors (Lipinski definition) is 5. The second kappa shape index (κ2) is 9.79. The molecule has 0 bridgehead atoms. The second-order valence-corrected chi connectivity index (χ2v) is 10.4. The van der Waals surface area contributed by atoms with E-state index in [0.29, 0.717) is 25.2 Å². The van der Waals surface area contributed by atoms with Crippen molar-refractivity contribution in [2.75, 3.05) is 13.1 Å². The van der Waals surface area contributed by atoms with Crippen LogP contribution in [0.1, 0.15) is 67.6 Å². The Labute approximate surface area is 214 Å². The van der Waals surface area contributed by atoms with E-state index in [-0.39, 0.29) is 47.8 Å². The smallest absolute Gasteiger partial charge is 0.286 e. The maximum Gasteiger partial charge on any atom is 0.286 e. The molecule has 2 aliphatic heterocycles. The zero-order chi connectivity index (χ0) is 26.3. The highest BCUT2D eigenvalue weighted by Gasteiger charge is 2.41. The molecule has 0 radical (unpaired) electrons. The fourth-order valence-electron chi connectivity index (χ4n) is 5.12. The Morgan fingerprint density at radius 1 is 1.19 bits per heavy atom. The van der Waals surface area contributed by atoms with E-state index in [4.69, 9.17) is 0 Å². The molecule has 2 fully saturated rings. The summed E-state index contributed by atoms with van der Waals surface area (Å²) in [5.41, 5.74) is 2.53. The van der Waals surface area contributed by atoms with Crippen molar-refractivity contribution in [3.05, 3.63) is 52.8 Å². The van der Waals surface area contributed by atoms with Crippen LogP contribution in [0.3, 0.4) is 0 Å². The number of nitrogens with one attached hydrogen (secondary N) is 1. The number of hydrogen-bond donors (Lipinski definition) is 1. The van der Waals surface area contributed by atoms with Gasteiger partial charge in [0.05, 0.1) is 36.6 Å². The van der Waals surface area contributed by atoms with Gasteiger partial charge in [-0.15, -0.1) is 0 Å². The topological polar surface area (TPSA) is 92.0 Å². The summed E-state index contributed by atoms with van der Waals surface area (Å²) >= 11 is 0. The molecule has 1 aliphatic carbocycles. The van der Waals surface area contributed by atoms with Crippen molar-refractivity contribution in [1.29, 1.82) is 0 Å². The van der Waals surface area contributed by atoms with Crippen molar-refractivity contribution in [3.63, 3.8) is 0 Å². The molecule has 10 heteroatoms. The lowest BCUT2D eigenvalue weighted by Crippen LogP contribution is -2.45. The van der Waals surface area contributed by atoms with Crippen molar-refractivity contribution >= 4 is 23.7 Å². The van der Waals surface area contributed by atoms with Crippen LogP contribution < -0.4 is 5.32 Å². The van der Waals surface area contributed by atoms with Crippen molar-refractivity contribution < 1.29 is 18.4 Å². The number of benzene rings is 1. The zero-order valence-electron chi connectivity index (χ0n) is 21.3. The summed E-state index contributed by atoms with van der Waals surface area (Å²) in [4.78, 5) is 36.9. The van der Waals surface area contributed by atoms with E-state index in [9.17, 15) is 18.4 Å². The van der Waals surface area contributed by atoms with Gasteiger partial charge in [-0.05, 0) is 50.3 Å². The van der Waals surface area contributed by atoms with Gasteiger partial charge in [0.2, 0.25) is 5.91 Å². The quantitative estimate of drug-likeness (QED) is 0.618. The van der Waals surface area contributed by atoms with Gasteiger partial charge in [-0.1, -0.05) is 24.3 Å². The standard InChI is InChI=1S/C27H32F2N6O2/c1-16-6-4-5-7-19(16)25-20(32-26(37)22-14-30-17(2)13-31-22)10-11-34(25)24(36)15-35-23(27(3,28)29)12-21(33-35)18-8-9-18/h4-7,12,14,17-18,20,25H,8-11,13,15H2,1-3H3,(H,32,37). The van der Waals surface area contributed by atoms with Crippen molar-refractivity contribution in [2.24, 2.45) is 9.98 Å². The summed E-state index contributed by atoms with van der Waals surface area (Å²) in [6, 6.07) is 8.38. The number of carbonyl (C=O) groups is 2. The number of carbonyl (C=O) groups excluding carboxylic acids is 2. The molecule has 1 N–H and O–H groups in total. The Bertz CT molecular complexity index is 1260. The van der Waals surface area contributed by atoms with Gasteiger partial charge < -0.3 is 10.2 Å². The van der Waals surface area contributed by atoms with Crippen LogP contribution in [-0.4, -0.2) is 63.6 Å². The monoisotopic (exact) mass is 510 g/mol. The van der Waals surface area contributed by atoms with Gasteiger partial charge in [-0.25, -0.2) is 0 Å². The first-order chi connectivity index (χ1) is 17.6. The minimum absolute atomic E-state index is 0.0407. The summed E-state index contributed by atoms with van der Waals surface area (Å²) in [5, 5.41) is 7.44. The molecule has 3 heterocycles. The average molecular weight is 511 g/mol. The lowest BCUT2D eigenvalue weighted by Gasteiger charge is -2.30. The first kappa shape index (κ1) is 25.2. The van der Waals surface area contributed by atoms with Crippen LogP contribution in [0.5, 0.6) is 0 Å². The van der Waals surface area contributed by atoms with E-state index >= 15 is 0 Å². The third kappa shape index (κ3) is 5.33. The Hall–Kier alpha value is -3.43. The second-order valence-electron chi connectivity index (χ2n) is 10.4. The Kier molecular flexibility index (Phi) is 6.68. The molecular formula is C27H32F2N6O2. The number of alkyl halides is 2. The number of aromatic nitrogens is 2. The minimum atomic E-state index is -3.11. The summed E-state index contributed by atoms with van der Waals surface area (Å²) < 4.78 is 29.9. The minimum Gasteiger partial charge on any atom is -0.345 e. The van der Waals surface area contributed by atoms with Gasteiger partial charge in [-0.2, -0.15) is 13.9 Å². The molecule has 2 aromatic rings. The van der Waals surface area contributed by atoms with E-state index < -0.39 is 12.0 Å². The van der Waals surface area contributed by atoms with E-state index in [1.165, 1.54) is 12.3 Å². The first-order valence-corrected chi connectivity index (χ1v) is 12.8. The first-order valence-electron chi connectivity index (χ1n) is 12.8. The van der Waals surface area contributed by atoms with Crippen LogP contribution in [0.4, 0.5) is 8.78 Å². The molecule has 1 saturated carbocycles. The number of rotatable bonds is 7. The molecule has 8 nitrogen and oxygen atoms in total. The van der Waals surface area contributed by atoms with Crippen molar-refractivity contribution in [3.8, 4) is 0 Å². The van der Waals surface area contributed by atoms with Gasteiger partial charge in [0.15, 0.2) is 0 Å². The number of aliphatic imine (C=N–C) groups is 2. The van der Waals surface area contributed by atoms with E-state index in [1.807, 2.05) is 38.1 Å². The molecule has 2 amide bonds. The maximum absolute atomic E-state index is 14.4. The maximum atomic E-state index is 14.4. The highest BCUT2D eigenvalue weighted by atomic mass is 19.3. The van der Waals surface area contributed by atoms with Gasteiger partial charge in [0.25, 0.3) is 11.8 Å². The van der Waals surface area contributed by atoms with Crippen LogP contribution >= 0.6 is 0 Å². The molecule has 1 saturated heterocycles. The lowest BCUT2D eigenvalue weighted by molar-refractivity contribution is -0.133. The van der Waals surface area contributed by atoms with Crippen LogP contribution in [0.25, 0.3) is 0 Å². The van der Waals surface area contributed by atoms with Gasteiger partial charge in [0.1, 0.15) is 18.0 Å². The van der Waals surface area contributed by atoms with E-state index in [2.05, 4.69) is 20.4 Å². The molecular weight excluding hydrogens is 478 g/mol. The predicted octanol–water partition coefficient (Wildman–Crippen LogP) is 3.55. The van der Waals surface area contributed by atoms with E-state index in [1.54, 1.807) is 4.90 Å². The number of likely N-dealkylation sites (tertiary alicyclic amines) is 1. The largest absolute Gasteiger partial charge is 0.345 e. The summed E-state index contributed by atoms with van der Waals surface area (Å²) in [5.74, 6) is -3.57. The highest BCUT2D eigenvalue weighted by molar-refractivity contribution is 6.61. The highest BCUT2D eigenvalue weighted by Crippen LogP contribution is 2.41. The van der Waals surface area contributed by atoms with Crippen LogP contribution in [-0.2, 0) is 22.1 Å². The van der Waals surface area contributed by atoms with E-state index in [0.717, 1.165) is 35.6 Å². The van der Waals surface area contributed by atoms with Crippen LogP contribution in [0, 0.1) is 6.92 Å². The number of nitrogens with zero attached hydrogens (tertiary/aromatic N) is 5. The predicted molar refractivity (Wildman–Crippen MR) is 136 cm³/mol. The molecule has 196 valence electrons. The summed E-state index contributed by atoms with van der Waals surface area (Å²) in [6.45, 7) is 5.26. The van der Waals surface area contributed by atoms with Crippen molar-refractivity contribution in [2.45, 2.75) is 76.5 Å². The zero-order valence-corrected chi connectivity index (χ0v) is 21.3.